The summed E-state index contributed by atoms with van der Waals surface area (Å²) in [6.07, 6.45) is 3.07. The van der Waals surface area contributed by atoms with Gasteiger partial charge in [0.05, 0.1) is 12.4 Å². The molecule has 0 aliphatic carbocycles. The van der Waals surface area contributed by atoms with Crippen LogP contribution in [0.1, 0.15) is 21.6 Å². The van der Waals surface area contributed by atoms with Gasteiger partial charge in [0, 0.05) is 19.6 Å². The van der Waals surface area contributed by atoms with Crippen LogP contribution in [0.4, 0.5) is 5.82 Å². The molecule has 1 heterocycles. The van der Waals surface area contributed by atoms with Crippen molar-refractivity contribution in [2.75, 3.05) is 32.5 Å². The van der Waals surface area contributed by atoms with E-state index in [2.05, 4.69) is 25.5 Å². The molecule has 122 valence electrons. The lowest BCUT2D eigenvalue weighted by Crippen LogP contribution is -2.24. The Morgan fingerprint density at radius 2 is 2.04 bits per heavy atom. The number of nitrogens with one attached hydrogen (secondary N) is 2. The van der Waals surface area contributed by atoms with Crippen LogP contribution in [0, 0.1) is 6.92 Å². The molecule has 1 aromatic carbocycles. The first-order valence-corrected chi connectivity index (χ1v) is 7.59. The van der Waals surface area contributed by atoms with Crippen LogP contribution >= 0.6 is 0 Å². The lowest BCUT2D eigenvalue weighted by atomic mass is 10.1. The predicted molar refractivity (Wildman–Crippen MR) is 91.4 cm³/mol. The maximum atomic E-state index is 12.1. The molecule has 1 amide bonds. The second-order valence-corrected chi connectivity index (χ2v) is 5.69. The minimum atomic E-state index is -0.223. The number of aryl methyl sites for hydroxylation is 1. The van der Waals surface area contributed by atoms with Crippen molar-refractivity contribution < 1.29 is 4.79 Å². The van der Waals surface area contributed by atoms with Crippen molar-refractivity contribution in [3.63, 3.8) is 0 Å². The van der Waals surface area contributed by atoms with Crippen LogP contribution < -0.4 is 10.6 Å². The molecule has 0 saturated heterocycles. The number of benzene rings is 1. The molecule has 6 nitrogen and oxygen atoms in total. The Morgan fingerprint density at radius 3 is 2.70 bits per heavy atom. The highest BCUT2D eigenvalue weighted by molar-refractivity contribution is 5.91. The molecule has 23 heavy (non-hydrogen) atoms. The van der Waals surface area contributed by atoms with Crippen molar-refractivity contribution in [2.45, 2.75) is 13.5 Å². The number of rotatable bonds is 7. The van der Waals surface area contributed by atoms with E-state index in [0.29, 0.717) is 18.1 Å². The molecular weight excluding hydrogens is 290 g/mol. The molecule has 6 heteroatoms. The maximum absolute atomic E-state index is 12.1. The van der Waals surface area contributed by atoms with E-state index in [9.17, 15) is 4.79 Å². The fraction of sp³-hybridized carbons (Fsp3) is 0.353. The summed E-state index contributed by atoms with van der Waals surface area (Å²) in [7, 11) is 4.02. The average molecular weight is 313 g/mol. The number of aromatic nitrogens is 2. The Hall–Kier alpha value is -2.47. The molecule has 0 unspecified atom stereocenters. The zero-order chi connectivity index (χ0) is 16.7. The zero-order valence-electron chi connectivity index (χ0n) is 13.8. The van der Waals surface area contributed by atoms with Gasteiger partial charge in [-0.15, -0.1) is 0 Å². The van der Waals surface area contributed by atoms with E-state index in [1.54, 1.807) is 6.20 Å². The third-order valence-corrected chi connectivity index (χ3v) is 3.29. The Balaban J connectivity index is 1.85. The van der Waals surface area contributed by atoms with Gasteiger partial charge in [-0.1, -0.05) is 29.8 Å². The predicted octanol–water partition coefficient (Wildman–Crippen LogP) is 1.69. The summed E-state index contributed by atoms with van der Waals surface area (Å²) in [5.41, 5.74) is 2.55. The van der Waals surface area contributed by atoms with Crippen LogP contribution in [0.2, 0.25) is 0 Å². The molecule has 0 atom stereocenters. The fourth-order valence-electron chi connectivity index (χ4n) is 2.04. The van der Waals surface area contributed by atoms with Gasteiger partial charge in [-0.05, 0) is 26.6 Å². The SMILES string of the molecule is Cc1cccc(CNC(=O)c2cnc(NCCN(C)C)cn2)c1. The normalized spacial score (nSPS) is 10.6. The number of carbonyl (C=O) groups excluding carboxylic acids is 1. The molecule has 0 saturated carbocycles. The Kier molecular flexibility index (Phi) is 6.05. The first-order valence-electron chi connectivity index (χ1n) is 7.59. The highest BCUT2D eigenvalue weighted by Crippen LogP contribution is 2.04. The summed E-state index contributed by atoms with van der Waals surface area (Å²) in [4.78, 5) is 22.5. The lowest BCUT2D eigenvalue weighted by Gasteiger charge is -2.10. The highest BCUT2D eigenvalue weighted by Gasteiger charge is 2.07. The number of hydrogen-bond donors (Lipinski definition) is 2. The molecule has 0 fully saturated rings. The molecule has 0 spiro atoms. The first-order chi connectivity index (χ1) is 11.0. The quantitative estimate of drug-likeness (QED) is 0.814. The Labute approximate surface area is 137 Å². The van der Waals surface area contributed by atoms with Gasteiger partial charge in [0.15, 0.2) is 0 Å². The summed E-state index contributed by atoms with van der Waals surface area (Å²) in [6.45, 7) is 4.19. The van der Waals surface area contributed by atoms with Crippen molar-refractivity contribution in [3.05, 3.63) is 53.5 Å². The summed E-state index contributed by atoms with van der Waals surface area (Å²) in [6, 6.07) is 8.03. The minimum absolute atomic E-state index is 0.223. The maximum Gasteiger partial charge on any atom is 0.271 e. The van der Waals surface area contributed by atoms with Crippen LogP contribution in [0.5, 0.6) is 0 Å². The van der Waals surface area contributed by atoms with Crippen molar-refractivity contribution in [1.82, 2.24) is 20.2 Å². The van der Waals surface area contributed by atoms with Gasteiger partial charge < -0.3 is 15.5 Å². The standard InChI is InChI=1S/C17H23N5O/c1-13-5-4-6-14(9-13)10-21-17(23)15-11-20-16(12-19-15)18-7-8-22(2)3/h4-6,9,11-12H,7-8,10H2,1-3H3,(H,18,20)(H,21,23). The fourth-order valence-corrected chi connectivity index (χ4v) is 2.04. The van der Waals surface area contributed by atoms with Gasteiger partial charge >= 0.3 is 0 Å². The van der Waals surface area contributed by atoms with E-state index >= 15 is 0 Å². The van der Waals surface area contributed by atoms with E-state index in [1.165, 1.54) is 11.8 Å². The Morgan fingerprint density at radius 1 is 1.22 bits per heavy atom. The first kappa shape index (κ1) is 16.9. The topological polar surface area (TPSA) is 70.2 Å². The van der Waals surface area contributed by atoms with Crippen molar-refractivity contribution in [3.8, 4) is 0 Å². The lowest BCUT2D eigenvalue weighted by molar-refractivity contribution is 0.0945. The Bertz CT molecular complexity index is 640. The number of amides is 1. The summed E-state index contributed by atoms with van der Waals surface area (Å²) >= 11 is 0. The summed E-state index contributed by atoms with van der Waals surface area (Å²) < 4.78 is 0. The molecule has 0 bridgehead atoms. The molecule has 2 aromatic rings. The summed E-state index contributed by atoms with van der Waals surface area (Å²) in [5.74, 6) is 0.445. The van der Waals surface area contributed by atoms with Gasteiger partial charge in [0.2, 0.25) is 0 Å². The second kappa shape index (κ2) is 8.24. The number of hydrogen-bond acceptors (Lipinski definition) is 5. The van der Waals surface area contributed by atoms with E-state index in [-0.39, 0.29) is 5.91 Å². The van der Waals surface area contributed by atoms with Crippen molar-refractivity contribution in [1.29, 1.82) is 0 Å². The van der Waals surface area contributed by atoms with Gasteiger partial charge in [-0.2, -0.15) is 0 Å². The number of carbonyl (C=O) groups is 1. The molecule has 1 aromatic heterocycles. The van der Waals surface area contributed by atoms with Gasteiger partial charge in [0.1, 0.15) is 11.5 Å². The minimum Gasteiger partial charge on any atom is -0.368 e. The second-order valence-electron chi connectivity index (χ2n) is 5.69. The number of nitrogens with zero attached hydrogens (tertiary/aromatic N) is 3. The van der Waals surface area contributed by atoms with E-state index in [1.807, 2.05) is 45.3 Å². The molecule has 0 aliphatic heterocycles. The van der Waals surface area contributed by atoms with Crippen LogP contribution in [-0.4, -0.2) is 48.0 Å². The molecule has 2 rings (SSSR count). The van der Waals surface area contributed by atoms with Crippen LogP contribution in [0.25, 0.3) is 0 Å². The zero-order valence-corrected chi connectivity index (χ0v) is 13.8. The van der Waals surface area contributed by atoms with Crippen LogP contribution in [0.15, 0.2) is 36.7 Å². The molecule has 2 N–H and O–H groups in total. The average Bonchev–Trinajstić information content (AvgIpc) is 2.53. The summed E-state index contributed by atoms with van der Waals surface area (Å²) in [5, 5.41) is 6.01. The largest absolute Gasteiger partial charge is 0.368 e. The third kappa shape index (κ3) is 5.67. The van der Waals surface area contributed by atoms with E-state index < -0.39 is 0 Å². The molecule has 0 aliphatic rings. The van der Waals surface area contributed by atoms with Crippen LogP contribution in [0.3, 0.4) is 0 Å². The van der Waals surface area contributed by atoms with Crippen molar-refractivity contribution >= 4 is 11.7 Å². The van der Waals surface area contributed by atoms with Gasteiger partial charge in [0.25, 0.3) is 5.91 Å². The van der Waals surface area contributed by atoms with Gasteiger partial charge in [-0.25, -0.2) is 9.97 Å². The number of anilines is 1. The number of likely N-dealkylation sites (N-methyl/N-ethyl adjacent to an activating group) is 1. The third-order valence-electron chi connectivity index (χ3n) is 3.29. The molecular formula is C17H23N5O. The van der Waals surface area contributed by atoms with E-state index in [0.717, 1.165) is 18.7 Å². The van der Waals surface area contributed by atoms with E-state index in [4.69, 9.17) is 0 Å². The highest BCUT2D eigenvalue weighted by atomic mass is 16.1. The van der Waals surface area contributed by atoms with Crippen LogP contribution in [-0.2, 0) is 6.54 Å². The van der Waals surface area contributed by atoms with Gasteiger partial charge in [-0.3, -0.25) is 4.79 Å². The van der Waals surface area contributed by atoms with Crippen molar-refractivity contribution in [2.24, 2.45) is 0 Å². The monoisotopic (exact) mass is 313 g/mol. The molecule has 0 radical (unpaired) electrons. The smallest absolute Gasteiger partial charge is 0.271 e.